The largest absolute Gasteiger partial charge is 0.491 e. The van der Waals surface area contributed by atoms with Gasteiger partial charge in [-0.15, -0.1) is 0 Å². The van der Waals surface area contributed by atoms with Crippen LogP contribution in [0.1, 0.15) is 25.0 Å². The van der Waals surface area contributed by atoms with E-state index >= 15 is 0 Å². The third kappa shape index (κ3) is 9.70. The molecule has 0 aromatic heterocycles. The summed E-state index contributed by atoms with van der Waals surface area (Å²) in [6.45, 7) is 6.75. The summed E-state index contributed by atoms with van der Waals surface area (Å²) in [6, 6.07) is 5.21. The Bertz CT molecular complexity index is 351. The molecule has 0 saturated heterocycles. The number of hydrogen-bond acceptors (Lipinski definition) is 6. The Labute approximate surface area is 132 Å². The van der Waals surface area contributed by atoms with Crippen LogP contribution < -0.4 is 10.5 Å². The topological polar surface area (TPSA) is 94.2 Å². The first-order chi connectivity index (χ1) is 10.8. The molecule has 0 heterocycles. The minimum atomic E-state index is -0.0841. The van der Waals surface area contributed by atoms with E-state index < -0.39 is 0 Å². The Morgan fingerprint density at radius 2 is 1.32 bits per heavy atom. The van der Waals surface area contributed by atoms with Crippen LogP contribution in [-0.2, 0) is 22.7 Å². The molecule has 4 N–H and O–H groups in total. The standard InChI is InChI=1S/C14H23NO5.C2H6/c15-1-2-18-3-4-19-5-6-20-14-8-12(10-16)7-13(9-14)11-17;1-2/h7-9,16-17H,1-6,10-11,15H2;1-2H3. The molecule has 0 spiro atoms. The van der Waals surface area contributed by atoms with Gasteiger partial charge in [0.15, 0.2) is 0 Å². The lowest BCUT2D eigenvalue weighted by Crippen LogP contribution is -2.14. The minimum Gasteiger partial charge on any atom is -0.491 e. The Hall–Kier alpha value is -1.18. The zero-order valence-electron chi connectivity index (χ0n) is 13.6. The Balaban J connectivity index is 0.00000211. The molecule has 0 atom stereocenters. The molecule has 0 amide bonds. The first-order valence-corrected chi connectivity index (χ1v) is 7.63. The quantitative estimate of drug-likeness (QED) is 0.529. The second-order valence-corrected chi connectivity index (χ2v) is 4.16. The van der Waals surface area contributed by atoms with Crippen molar-refractivity contribution < 1.29 is 24.4 Å². The number of rotatable bonds is 11. The van der Waals surface area contributed by atoms with Crippen molar-refractivity contribution in [2.75, 3.05) is 39.6 Å². The van der Waals surface area contributed by atoms with Gasteiger partial charge < -0.3 is 30.2 Å². The number of ether oxygens (including phenoxy) is 3. The summed E-state index contributed by atoms with van der Waals surface area (Å²) in [4.78, 5) is 0. The maximum absolute atomic E-state index is 9.11. The van der Waals surface area contributed by atoms with Gasteiger partial charge in [-0.1, -0.05) is 19.9 Å². The lowest BCUT2D eigenvalue weighted by atomic mass is 10.1. The van der Waals surface area contributed by atoms with E-state index in [1.165, 1.54) is 0 Å². The van der Waals surface area contributed by atoms with Crippen LogP contribution in [-0.4, -0.2) is 49.8 Å². The normalized spacial score (nSPS) is 10.0. The van der Waals surface area contributed by atoms with E-state index in [0.717, 1.165) is 0 Å². The monoisotopic (exact) mass is 315 g/mol. The molecule has 0 unspecified atom stereocenters. The predicted octanol–water partition coefficient (Wildman–Crippen LogP) is 1.07. The third-order valence-corrected chi connectivity index (χ3v) is 2.52. The highest BCUT2D eigenvalue weighted by Crippen LogP contribution is 2.17. The van der Waals surface area contributed by atoms with Crippen LogP contribution in [0.5, 0.6) is 5.75 Å². The highest BCUT2D eigenvalue weighted by atomic mass is 16.5. The molecule has 0 bridgehead atoms. The molecule has 1 rings (SSSR count). The van der Waals surface area contributed by atoms with E-state index in [-0.39, 0.29) is 13.2 Å². The smallest absolute Gasteiger partial charge is 0.120 e. The molecular formula is C16H29NO5. The summed E-state index contributed by atoms with van der Waals surface area (Å²) in [6.07, 6.45) is 0. The van der Waals surface area contributed by atoms with Crippen molar-refractivity contribution in [3.05, 3.63) is 29.3 Å². The van der Waals surface area contributed by atoms with Crippen LogP contribution in [0.15, 0.2) is 18.2 Å². The number of aliphatic hydroxyl groups is 2. The van der Waals surface area contributed by atoms with Gasteiger partial charge in [0.2, 0.25) is 0 Å². The molecule has 6 nitrogen and oxygen atoms in total. The number of benzene rings is 1. The van der Waals surface area contributed by atoms with E-state index in [2.05, 4.69) is 0 Å². The Morgan fingerprint density at radius 3 is 1.82 bits per heavy atom. The molecule has 22 heavy (non-hydrogen) atoms. The highest BCUT2D eigenvalue weighted by Gasteiger charge is 2.01. The number of aliphatic hydroxyl groups excluding tert-OH is 2. The van der Waals surface area contributed by atoms with E-state index in [0.29, 0.717) is 56.5 Å². The van der Waals surface area contributed by atoms with E-state index in [1.807, 2.05) is 13.8 Å². The van der Waals surface area contributed by atoms with Crippen molar-refractivity contribution in [1.82, 2.24) is 0 Å². The second kappa shape index (κ2) is 14.7. The van der Waals surface area contributed by atoms with Crippen molar-refractivity contribution in [3.63, 3.8) is 0 Å². The van der Waals surface area contributed by atoms with Crippen LogP contribution in [0, 0.1) is 0 Å². The first kappa shape index (κ1) is 20.8. The summed E-state index contributed by atoms with van der Waals surface area (Å²) < 4.78 is 16.0. The average molecular weight is 315 g/mol. The van der Waals surface area contributed by atoms with Gasteiger partial charge in [-0.3, -0.25) is 0 Å². The van der Waals surface area contributed by atoms with Gasteiger partial charge in [0.05, 0.1) is 39.6 Å². The number of hydrogen-bond donors (Lipinski definition) is 3. The zero-order valence-corrected chi connectivity index (χ0v) is 13.6. The van der Waals surface area contributed by atoms with Crippen LogP contribution in [0.3, 0.4) is 0 Å². The van der Waals surface area contributed by atoms with Crippen LogP contribution in [0.4, 0.5) is 0 Å². The summed E-state index contributed by atoms with van der Waals surface area (Å²) in [7, 11) is 0. The first-order valence-electron chi connectivity index (χ1n) is 7.63. The van der Waals surface area contributed by atoms with Crippen LogP contribution >= 0.6 is 0 Å². The molecule has 0 aliphatic heterocycles. The SMILES string of the molecule is CC.NCCOCCOCCOc1cc(CO)cc(CO)c1. The van der Waals surface area contributed by atoms with Gasteiger partial charge in [0.1, 0.15) is 12.4 Å². The van der Waals surface area contributed by atoms with E-state index in [1.54, 1.807) is 18.2 Å². The van der Waals surface area contributed by atoms with Gasteiger partial charge in [-0.05, 0) is 23.3 Å². The van der Waals surface area contributed by atoms with E-state index in [4.69, 9.17) is 30.2 Å². The molecule has 1 aromatic rings. The Morgan fingerprint density at radius 1 is 0.818 bits per heavy atom. The minimum absolute atomic E-state index is 0.0841. The average Bonchev–Trinajstić information content (AvgIpc) is 2.58. The van der Waals surface area contributed by atoms with Gasteiger partial charge in [0, 0.05) is 6.54 Å². The summed E-state index contributed by atoms with van der Waals surface area (Å²) >= 11 is 0. The summed E-state index contributed by atoms with van der Waals surface area (Å²) in [5.41, 5.74) is 6.70. The lowest BCUT2D eigenvalue weighted by Gasteiger charge is -2.10. The van der Waals surface area contributed by atoms with Crippen LogP contribution in [0.25, 0.3) is 0 Å². The predicted molar refractivity (Wildman–Crippen MR) is 85.8 cm³/mol. The van der Waals surface area contributed by atoms with Crippen molar-refractivity contribution in [3.8, 4) is 5.75 Å². The van der Waals surface area contributed by atoms with E-state index in [9.17, 15) is 0 Å². The van der Waals surface area contributed by atoms with Gasteiger partial charge in [0.25, 0.3) is 0 Å². The van der Waals surface area contributed by atoms with Gasteiger partial charge in [-0.25, -0.2) is 0 Å². The fourth-order valence-electron chi connectivity index (χ4n) is 1.62. The lowest BCUT2D eigenvalue weighted by molar-refractivity contribution is 0.0387. The molecule has 0 radical (unpaired) electrons. The zero-order chi connectivity index (χ0) is 16.6. The fraction of sp³-hybridized carbons (Fsp3) is 0.625. The third-order valence-electron chi connectivity index (χ3n) is 2.52. The summed E-state index contributed by atoms with van der Waals surface area (Å²) in [5.74, 6) is 0.614. The maximum Gasteiger partial charge on any atom is 0.120 e. The molecule has 0 saturated carbocycles. The molecule has 6 heteroatoms. The Kier molecular flexibility index (Phi) is 14.0. The molecule has 0 aliphatic rings. The maximum atomic E-state index is 9.11. The van der Waals surface area contributed by atoms with Crippen molar-refractivity contribution in [1.29, 1.82) is 0 Å². The highest BCUT2D eigenvalue weighted by molar-refractivity contribution is 5.33. The van der Waals surface area contributed by atoms with Crippen molar-refractivity contribution in [2.24, 2.45) is 5.73 Å². The summed E-state index contributed by atoms with van der Waals surface area (Å²) in [5, 5.41) is 18.2. The molecule has 128 valence electrons. The van der Waals surface area contributed by atoms with Crippen LogP contribution in [0.2, 0.25) is 0 Å². The van der Waals surface area contributed by atoms with Gasteiger partial charge >= 0.3 is 0 Å². The number of nitrogens with two attached hydrogens (primary N) is 1. The van der Waals surface area contributed by atoms with Gasteiger partial charge in [-0.2, -0.15) is 0 Å². The molecule has 1 aromatic carbocycles. The second-order valence-electron chi connectivity index (χ2n) is 4.16. The fourth-order valence-corrected chi connectivity index (χ4v) is 1.62. The molecular weight excluding hydrogens is 286 g/mol. The molecule has 0 aliphatic carbocycles. The van der Waals surface area contributed by atoms with Crippen molar-refractivity contribution >= 4 is 0 Å². The van der Waals surface area contributed by atoms with Crippen molar-refractivity contribution in [2.45, 2.75) is 27.1 Å². The molecule has 0 fully saturated rings.